The maximum atomic E-state index is 12.6. The third-order valence-electron chi connectivity index (χ3n) is 4.88. The Balaban J connectivity index is 1.72. The molecule has 1 N–H and O–H groups in total. The van der Waals surface area contributed by atoms with Gasteiger partial charge in [-0.15, -0.1) is 0 Å². The van der Waals surface area contributed by atoms with Crippen molar-refractivity contribution in [3.8, 4) is 0 Å². The molecule has 0 radical (unpaired) electrons. The van der Waals surface area contributed by atoms with Crippen LogP contribution < -0.4 is 5.32 Å². The standard InChI is InChI=1S/C22H22N2O5/c1-4-13(2)24-20(26)17-11-10-15(12-18(17)21(24)27)22(28)29-14(3)19(25)23-16-8-6-5-7-9-16/h5-14H,4H2,1-3H3,(H,23,25)/t13-,14-/m1/s1. The van der Waals surface area contributed by atoms with E-state index in [0.29, 0.717) is 12.1 Å². The summed E-state index contributed by atoms with van der Waals surface area (Å²) in [5, 5.41) is 2.66. The molecule has 0 unspecified atom stereocenters. The summed E-state index contributed by atoms with van der Waals surface area (Å²) >= 11 is 0. The van der Waals surface area contributed by atoms with Crippen LogP contribution in [0.5, 0.6) is 0 Å². The van der Waals surface area contributed by atoms with E-state index in [0.717, 1.165) is 0 Å². The second-order valence-corrected chi connectivity index (χ2v) is 6.90. The molecule has 0 saturated heterocycles. The van der Waals surface area contributed by atoms with Crippen molar-refractivity contribution < 1.29 is 23.9 Å². The lowest BCUT2D eigenvalue weighted by Gasteiger charge is -2.20. The first kappa shape index (κ1) is 20.3. The third-order valence-corrected chi connectivity index (χ3v) is 4.88. The Kier molecular flexibility index (Phi) is 5.77. The molecule has 7 nitrogen and oxygen atoms in total. The highest BCUT2D eigenvalue weighted by Gasteiger charge is 2.38. The predicted octanol–water partition coefficient (Wildman–Crippen LogP) is 3.27. The summed E-state index contributed by atoms with van der Waals surface area (Å²) in [6.07, 6.45) is -0.404. The van der Waals surface area contributed by atoms with Crippen molar-refractivity contribution >= 4 is 29.4 Å². The zero-order valence-electron chi connectivity index (χ0n) is 16.5. The molecule has 1 heterocycles. The van der Waals surface area contributed by atoms with Crippen molar-refractivity contribution in [3.05, 3.63) is 65.2 Å². The van der Waals surface area contributed by atoms with Gasteiger partial charge in [0.05, 0.1) is 16.7 Å². The van der Waals surface area contributed by atoms with E-state index >= 15 is 0 Å². The summed E-state index contributed by atoms with van der Waals surface area (Å²) < 4.78 is 5.23. The number of benzene rings is 2. The summed E-state index contributed by atoms with van der Waals surface area (Å²) in [6, 6.07) is 12.8. The van der Waals surface area contributed by atoms with E-state index < -0.39 is 23.9 Å². The molecule has 0 aliphatic carbocycles. The average molecular weight is 394 g/mol. The lowest BCUT2D eigenvalue weighted by molar-refractivity contribution is -0.123. The maximum absolute atomic E-state index is 12.6. The molecule has 1 aliphatic rings. The summed E-state index contributed by atoms with van der Waals surface area (Å²) in [4.78, 5) is 51.0. The van der Waals surface area contributed by atoms with E-state index in [9.17, 15) is 19.2 Å². The largest absolute Gasteiger partial charge is 0.449 e. The lowest BCUT2D eigenvalue weighted by Crippen LogP contribution is -2.37. The van der Waals surface area contributed by atoms with Gasteiger partial charge in [0.2, 0.25) is 0 Å². The molecular formula is C22H22N2O5. The number of para-hydroxylation sites is 1. The van der Waals surface area contributed by atoms with Crippen LogP contribution in [0.4, 0.5) is 5.69 Å². The minimum atomic E-state index is -1.04. The molecule has 0 saturated carbocycles. The van der Waals surface area contributed by atoms with Gasteiger partial charge in [-0.1, -0.05) is 25.1 Å². The highest BCUT2D eigenvalue weighted by molar-refractivity contribution is 6.22. The summed E-state index contributed by atoms with van der Waals surface area (Å²) in [5.41, 5.74) is 1.13. The number of fused-ring (bicyclic) bond motifs is 1. The zero-order valence-corrected chi connectivity index (χ0v) is 16.5. The fourth-order valence-corrected chi connectivity index (χ4v) is 3.02. The number of hydrogen-bond donors (Lipinski definition) is 1. The number of anilines is 1. The van der Waals surface area contributed by atoms with Gasteiger partial charge in [0.15, 0.2) is 6.10 Å². The minimum absolute atomic E-state index is 0.107. The molecule has 150 valence electrons. The molecule has 0 fully saturated rings. The van der Waals surface area contributed by atoms with Crippen molar-refractivity contribution in [2.45, 2.75) is 39.3 Å². The van der Waals surface area contributed by atoms with Gasteiger partial charge in [0.1, 0.15) is 0 Å². The molecule has 0 bridgehead atoms. The molecule has 29 heavy (non-hydrogen) atoms. The Morgan fingerprint density at radius 3 is 2.31 bits per heavy atom. The van der Waals surface area contributed by atoms with Crippen LogP contribution in [0, 0.1) is 0 Å². The maximum Gasteiger partial charge on any atom is 0.338 e. The van der Waals surface area contributed by atoms with Crippen LogP contribution in [0.3, 0.4) is 0 Å². The number of carbonyl (C=O) groups is 4. The number of carbonyl (C=O) groups excluding carboxylic acids is 4. The second kappa shape index (κ2) is 8.26. The summed E-state index contributed by atoms with van der Waals surface area (Å²) in [5.74, 6) is -2.01. The molecule has 2 aromatic carbocycles. The van der Waals surface area contributed by atoms with Gasteiger partial charge < -0.3 is 10.1 Å². The van der Waals surface area contributed by atoms with E-state index in [4.69, 9.17) is 4.74 Å². The van der Waals surface area contributed by atoms with Crippen molar-refractivity contribution in [2.24, 2.45) is 0 Å². The Labute approximate surface area is 168 Å². The van der Waals surface area contributed by atoms with Gasteiger partial charge in [-0.05, 0) is 50.6 Å². The van der Waals surface area contributed by atoms with Crippen molar-refractivity contribution in [1.29, 1.82) is 0 Å². The Bertz CT molecular complexity index is 970. The minimum Gasteiger partial charge on any atom is -0.449 e. The van der Waals surface area contributed by atoms with Gasteiger partial charge in [0, 0.05) is 11.7 Å². The van der Waals surface area contributed by atoms with Crippen LogP contribution in [-0.2, 0) is 9.53 Å². The summed E-state index contributed by atoms with van der Waals surface area (Å²) in [7, 11) is 0. The van der Waals surface area contributed by atoms with Gasteiger partial charge in [-0.2, -0.15) is 0 Å². The first-order chi connectivity index (χ1) is 13.8. The number of rotatable bonds is 6. The predicted molar refractivity (Wildman–Crippen MR) is 107 cm³/mol. The van der Waals surface area contributed by atoms with E-state index in [-0.39, 0.29) is 28.6 Å². The highest BCUT2D eigenvalue weighted by atomic mass is 16.5. The first-order valence-corrected chi connectivity index (χ1v) is 9.42. The van der Waals surface area contributed by atoms with Gasteiger partial charge in [-0.25, -0.2) is 4.79 Å². The van der Waals surface area contributed by atoms with Crippen LogP contribution in [0.25, 0.3) is 0 Å². The number of imide groups is 1. The van der Waals surface area contributed by atoms with Crippen molar-refractivity contribution in [3.63, 3.8) is 0 Å². The Morgan fingerprint density at radius 1 is 1.00 bits per heavy atom. The van der Waals surface area contributed by atoms with Crippen LogP contribution in [-0.4, -0.2) is 40.7 Å². The number of esters is 1. The van der Waals surface area contributed by atoms with E-state index in [1.165, 1.54) is 30.0 Å². The number of nitrogens with zero attached hydrogens (tertiary/aromatic N) is 1. The van der Waals surface area contributed by atoms with Crippen LogP contribution >= 0.6 is 0 Å². The molecule has 3 rings (SSSR count). The van der Waals surface area contributed by atoms with E-state index in [2.05, 4.69) is 5.32 Å². The monoisotopic (exact) mass is 394 g/mol. The van der Waals surface area contributed by atoms with E-state index in [1.807, 2.05) is 13.0 Å². The van der Waals surface area contributed by atoms with Crippen LogP contribution in [0.2, 0.25) is 0 Å². The number of hydrogen-bond acceptors (Lipinski definition) is 5. The second-order valence-electron chi connectivity index (χ2n) is 6.90. The quantitative estimate of drug-likeness (QED) is 0.600. The molecular weight excluding hydrogens is 372 g/mol. The number of ether oxygens (including phenoxy) is 1. The average Bonchev–Trinajstić information content (AvgIpc) is 2.98. The molecule has 0 aromatic heterocycles. The van der Waals surface area contributed by atoms with Crippen LogP contribution in [0.15, 0.2) is 48.5 Å². The van der Waals surface area contributed by atoms with E-state index in [1.54, 1.807) is 31.2 Å². The summed E-state index contributed by atoms with van der Waals surface area (Å²) in [6.45, 7) is 5.14. The molecule has 0 spiro atoms. The lowest BCUT2D eigenvalue weighted by atomic mass is 10.1. The Morgan fingerprint density at radius 2 is 1.66 bits per heavy atom. The first-order valence-electron chi connectivity index (χ1n) is 9.42. The molecule has 7 heteroatoms. The van der Waals surface area contributed by atoms with Gasteiger partial charge in [-0.3, -0.25) is 19.3 Å². The Hall–Kier alpha value is -3.48. The topological polar surface area (TPSA) is 92.8 Å². The van der Waals surface area contributed by atoms with Crippen molar-refractivity contribution in [2.75, 3.05) is 5.32 Å². The van der Waals surface area contributed by atoms with Crippen LogP contribution in [0.1, 0.15) is 58.3 Å². The fourth-order valence-electron chi connectivity index (χ4n) is 3.02. The smallest absolute Gasteiger partial charge is 0.338 e. The molecule has 1 aliphatic heterocycles. The molecule has 3 amide bonds. The highest BCUT2D eigenvalue weighted by Crippen LogP contribution is 2.27. The fraction of sp³-hybridized carbons (Fsp3) is 0.273. The SMILES string of the molecule is CC[C@@H](C)N1C(=O)c2ccc(C(=O)O[C@H](C)C(=O)Nc3ccccc3)cc2C1=O. The normalized spacial score (nSPS) is 14.9. The van der Waals surface area contributed by atoms with Gasteiger partial charge in [0.25, 0.3) is 17.7 Å². The molecule has 2 atom stereocenters. The molecule has 2 aromatic rings. The number of amides is 3. The number of nitrogens with one attached hydrogen (secondary N) is 1. The van der Waals surface area contributed by atoms with Crippen molar-refractivity contribution in [1.82, 2.24) is 4.90 Å². The zero-order chi connectivity index (χ0) is 21.1. The van der Waals surface area contributed by atoms with Gasteiger partial charge >= 0.3 is 5.97 Å². The third kappa shape index (κ3) is 4.03.